The van der Waals surface area contributed by atoms with Crippen molar-refractivity contribution in [3.8, 4) is 6.07 Å². The molecule has 0 fully saturated rings. The van der Waals surface area contributed by atoms with E-state index in [1.54, 1.807) is 6.07 Å². The van der Waals surface area contributed by atoms with Gasteiger partial charge in [-0.3, -0.25) is 0 Å². The Morgan fingerprint density at radius 1 is 2.00 bits per heavy atom. The molecule has 0 aromatic rings. The van der Waals surface area contributed by atoms with Crippen LogP contribution in [0.5, 0.6) is 0 Å². The van der Waals surface area contributed by atoms with Gasteiger partial charge in [0, 0.05) is 0 Å². The fraction of sp³-hybridized carbons (Fsp3) is 0.250. The van der Waals surface area contributed by atoms with Crippen molar-refractivity contribution >= 4 is 12.2 Å². The molecule has 0 bridgehead atoms. The van der Waals surface area contributed by atoms with Crippen LogP contribution in [0.1, 0.15) is 0 Å². The van der Waals surface area contributed by atoms with E-state index < -0.39 is 12.1 Å². The van der Waals surface area contributed by atoms with Gasteiger partial charge in [-0.25, -0.2) is 4.79 Å². The first kappa shape index (κ1) is 4.78. The molecule has 1 unspecified atom stereocenters. The third-order valence-electron chi connectivity index (χ3n) is 0.692. The molecular weight excluding hydrogens is 106 g/mol. The minimum Gasteiger partial charge on any atom is -0.315 e. The standard InChI is InChI=1S/C4H2N3O/c5-1-3-2-6-4(8)7-3/h3H,(H,7,8). The number of rotatable bonds is 0. The van der Waals surface area contributed by atoms with Gasteiger partial charge in [-0.2, -0.15) is 10.3 Å². The molecule has 0 saturated carbocycles. The molecule has 1 aliphatic rings. The first-order chi connectivity index (χ1) is 3.83. The minimum atomic E-state index is -0.637. The van der Waals surface area contributed by atoms with E-state index in [0.29, 0.717) is 0 Å². The number of hydrogen-bond donors (Lipinski definition) is 1. The van der Waals surface area contributed by atoms with Gasteiger partial charge >= 0.3 is 6.03 Å². The van der Waals surface area contributed by atoms with Crippen molar-refractivity contribution in [1.29, 1.82) is 5.26 Å². The van der Waals surface area contributed by atoms with Crippen LogP contribution in [0.2, 0.25) is 0 Å². The number of nitriles is 1. The van der Waals surface area contributed by atoms with E-state index in [1.165, 1.54) is 0 Å². The number of urea groups is 1. The Bertz CT molecular complexity index is 178. The molecule has 1 rings (SSSR count). The average Bonchev–Trinajstić information content (AvgIpc) is 2.14. The van der Waals surface area contributed by atoms with Crippen LogP contribution in [0.3, 0.4) is 0 Å². The summed E-state index contributed by atoms with van der Waals surface area (Å²) < 4.78 is 0. The second-order valence-electron chi connectivity index (χ2n) is 1.25. The van der Waals surface area contributed by atoms with Crippen molar-refractivity contribution in [3.63, 3.8) is 0 Å². The average molecular weight is 108 g/mol. The van der Waals surface area contributed by atoms with E-state index in [2.05, 4.69) is 16.5 Å². The molecule has 0 aliphatic carbocycles. The maximum absolute atomic E-state index is 10.1. The van der Waals surface area contributed by atoms with Gasteiger partial charge in [-0.05, 0) is 0 Å². The Morgan fingerprint density at radius 3 is 3.00 bits per heavy atom. The van der Waals surface area contributed by atoms with E-state index >= 15 is 0 Å². The Morgan fingerprint density at radius 2 is 2.75 bits per heavy atom. The highest BCUT2D eigenvalue weighted by Gasteiger charge is 2.14. The van der Waals surface area contributed by atoms with Crippen molar-refractivity contribution in [2.24, 2.45) is 4.99 Å². The number of nitrogens with zero attached hydrogens (tertiary/aromatic N) is 2. The molecule has 4 heteroatoms. The lowest BCUT2D eigenvalue weighted by Gasteiger charge is -1.88. The van der Waals surface area contributed by atoms with Crippen LogP contribution in [-0.4, -0.2) is 18.3 Å². The third kappa shape index (κ3) is 0.658. The zero-order valence-corrected chi connectivity index (χ0v) is 3.88. The fourth-order valence-electron chi connectivity index (χ4n) is 0.372. The van der Waals surface area contributed by atoms with Gasteiger partial charge in [-0.1, -0.05) is 0 Å². The third-order valence-corrected chi connectivity index (χ3v) is 0.692. The van der Waals surface area contributed by atoms with Gasteiger partial charge in [0.2, 0.25) is 0 Å². The van der Waals surface area contributed by atoms with Crippen LogP contribution < -0.4 is 5.32 Å². The number of nitrogens with one attached hydrogen (secondary N) is 1. The number of carbonyl (C=O) groups excluding carboxylic acids is 1. The van der Waals surface area contributed by atoms with Crippen molar-refractivity contribution in [2.45, 2.75) is 6.04 Å². The minimum absolute atomic E-state index is 0.489. The summed E-state index contributed by atoms with van der Waals surface area (Å²) in [5.41, 5.74) is 0. The lowest BCUT2D eigenvalue weighted by atomic mass is 10.4. The largest absolute Gasteiger partial charge is 0.342 e. The summed E-state index contributed by atoms with van der Waals surface area (Å²) in [6.07, 6.45) is 2.26. The molecule has 2 amide bonds. The van der Waals surface area contributed by atoms with Gasteiger partial charge in [0.15, 0.2) is 6.04 Å². The highest BCUT2D eigenvalue weighted by atomic mass is 16.2. The Hall–Kier alpha value is -1.37. The van der Waals surface area contributed by atoms with Crippen LogP contribution >= 0.6 is 0 Å². The second kappa shape index (κ2) is 1.62. The van der Waals surface area contributed by atoms with Crippen LogP contribution in [0.25, 0.3) is 0 Å². The van der Waals surface area contributed by atoms with Crippen LogP contribution in [0, 0.1) is 11.3 Å². The molecular formula is C4H2N3O. The molecule has 0 aromatic heterocycles. The SMILES string of the molecule is N#CC1[C]=NC(=O)N1. The summed E-state index contributed by atoms with van der Waals surface area (Å²) in [7, 11) is 0. The summed E-state index contributed by atoms with van der Waals surface area (Å²) in [6, 6.07) is 0.632. The second-order valence-corrected chi connectivity index (χ2v) is 1.25. The number of amides is 2. The molecule has 39 valence electrons. The molecule has 8 heavy (non-hydrogen) atoms. The first-order valence-corrected chi connectivity index (χ1v) is 1.99. The van der Waals surface area contributed by atoms with Crippen LogP contribution in [-0.2, 0) is 0 Å². The normalized spacial score (nSPS) is 24.9. The zero-order valence-electron chi connectivity index (χ0n) is 3.88. The molecule has 4 nitrogen and oxygen atoms in total. The summed E-state index contributed by atoms with van der Waals surface area (Å²) in [5, 5.41) is 10.3. The predicted molar refractivity (Wildman–Crippen MR) is 25.4 cm³/mol. The van der Waals surface area contributed by atoms with E-state index in [9.17, 15) is 4.79 Å². The summed E-state index contributed by atoms with van der Waals surface area (Å²) in [6.45, 7) is 0. The van der Waals surface area contributed by atoms with Gasteiger partial charge in [-0.15, -0.1) is 0 Å². The van der Waals surface area contributed by atoms with Gasteiger partial charge in [0.1, 0.15) is 6.21 Å². The first-order valence-electron chi connectivity index (χ1n) is 1.99. The highest BCUT2D eigenvalue weighted by Crippen LogP contribution is 1.87. The van der Waals surface area contributed by atoms with E-state index in [1.807, 2.05) is 0 Å². The Balaban J connectivity index is 2.62. The zero-order chi connectivity index (χ0) is 5.98. The Kier molecular flexibility index (Phi) is 0.968. The van der Waals surface area contributed by atoms with Gasteiger partial charge in [0.05, 0.1) is 6.07 Å². The molecule has 0 saturated heterocycles. The molecule has 1 radical (unpaired) electrons. The fourth-order valence-corrected chi connectivity index (χ4v) is 0.372. The maximum Gasteiger partial charge on any atom is 0.342 e. The quantitative estimate of drug-likeness (QED) is 0.456. The van der Waals surface area contributed by atoms with Crippen molar-refractivity contribution in [1.82, 2.24) is 5.32 Å². The predicted octanol–water partition coefficient (Wildman–Crippen LogP) is -0.450. The lowest BCUT2D eigenvalue weighted by Crippen LogP contribution is -2.25. The summed E-state index contributed by atoms with van der Waals surface area (Å²) in [4.78, 5) is 13.3. The summed E-state index contributed by atoms with van der Waals surface area (Å²) >= 11 is 0. The molecule has 1 atom stereocenters. The van der Waals surface area contributed by atoms with E-state index in [0.717, 1.165) is 0 Å². The number of carbonyl (C=O) groups is 1. The molecule has 1 N–H and O–H groups in total. The molecule has 1 heterocycles. The van der Waals surface area contributed by atoms with Crippen LogP contribution in [0.4, 0.5) is 4.79 Å². The maximum atomic E-state index is 10.1. The lowest BCUT2D eigenvalue weighted by molar-refractivity contribution is 0.251. The van der Waals surface area contributed by atoms with Crippen molar-refractivity contribution in [3.05, 3.63) is 0 Å². The number of aliphatic imine (C=N–C) groups is 1. The van der Waals surface area contributed by atoms with E-state index in [4.69, 9.17) is 5.26 Å². The number of hydrogen-bond acceptors (Lipinski definition) is 2. The van der Waals surface area contributed by atoms with Crippen LogP contribution in [0.15, 0.2) is 4.99 Å². The van der Waals surface area contributed by atoms with E-state index in [-0.39, 0.29) is 0 Å². The smallest absolute Gasteiger partial charge is 0.315 e. The van der Waals surface area contributed by atoms with Crippen molar-refractivity contribution in [2.75, 3.05) is 0 Å². The highest BCUT2D eigenvalue weighted by molar-refractivity contribution is 5.94. The molecule has 0 aromatic carbocycles. The molecule has 0 spiro atoms. The molecule has 1 aliphatic heterocycles. The monoisotopic (exact) mass is 108 g/mol. The Labute approximate surface area is 45.8 Å². The van der Waals surface area contributed by atoms with Gasteiger partial charge < -0.3 is 5.32 Å². The topological polar surface area (TPSA) is 65.2 Å². The summed E-state index contributed by atoms with van der Waals surface area (Å²) in [5.74, 6) is 0. The van der Waals surface area contributed by atoms with Gasteiger partial charge in [0.25, 0.3) is 0 Å². The van der Waals surface area contributed by atoms with Crippen molar-refractivity contribution < 1.29 is 4.79 Å².